The topological polar surface area (TPSA) is 23.5 Å². The van der Waals surface area contributed by atoms with E-state index in [4.69, 9.17) is 11.6 Å². The van der Waals surface area contributed by atoms with Gasteiger partial charge >= 0.3 is 0 Å². The Hall–Kier alpha value is -0.570. The summed E-state index contributed by atoms with van der Waals surface area (Å²) in [6.07, 6.45) is 2.20. The highest BCUT2D eigenvalue weighted by Gasteiger charge is 2.26. The standard InChI is InChI=1S/C13H18ClNO/c1-15-7-6-11(8-13(15)9-16)10-2-4-12(14)5-3-10/h2-5,11,13,16H,6-9H2,1H3/t11-,13?/m0/s1. The van der Waals surface area contributed by atoms with Gasteiger partial charge < -0.3 is 10.0 Å². The third-order valence-corrected chi connectivity index (χ3v) is 3.81. The van der Waals surface area contributed by atoms with E-state index in [1.54, 1.807) is 0 Å². The average molecular weight is 240 g/mol. The van der Waals surface area contributed by atoms with Gasteiger partial charge in [-0.15, -0.1) is 0 Å². The first-order valence-electron chi connectivity index (χ1n) is 5.77. The number of hydrogen-bond acceptors (Lipinski definition) is 2. The van der Waals surface area contributed by atoms with Gasteiger partial charge in [0.15, 0.2) is 0 Å². The van der Waals surface area contributed by atoms with E-state index in [-0.39, 0.29) is 6.61 Å². The number of nitrogens with zero attached hydrogens (tertiary/aromatic N) is 1. The minimum Gasteiger partial charge on any atom is -0.395 e. The lowest BCUT2D eigenvalue weighted by Crippen LogP contribution is -2.41. The summed E-state index contributed by atoms with van der Waals surface area (Å²) in [5.74, 6) is 0.561. The number of likely N-dealkylation sites (tertiary alicyclic amines) is 1. The molecular weight excluding hydrogens is 222 g/mol. The molecule has 88 valence electrons. The van der Waals surface area contributed by atoms with Gasteiger partial charge in [0, 0.05) is 11.1 Å². The number of piperidine rings is 1. The first-order chi connectivity index (χ1) is 7.70. The van der Waals surface area contributed by atoms with Crippen molar-refractivity contribution in [3.63, 3.8) is 0 Å². The number of benzene rings is 1. The van der Waals surface area contributed by atoms with E-state index >= 15 is 0 Å². The van der Waals surface area contributed by atoms with Crippen LogP contribution in [0.25, 0.3) is 0 Å². The average Bonchev–Trinajstić information content (AvgIpc) is 2.31. The van der Waals surface area contributed by atoms with Crippen molar-refractivity contribution in [2.75, 3.05) is 20.2 Å². The molecule has 0 radical (unpaired) electrons. The molecule has 1 fully saturated rings. The Morgan fingerprint density at radius 1 is 1.38 bits per heavy atom. The normalized spacial score (nSPS) is 26.9. The number of halogens is 1. The number of hydrogen-bond donors (Lipinski definition) is 1. The van der Waals surface area contributed by atoms with E-state index in [0.29, 0.717) is 12.0 Å². The predicted molar refractivity (Wildman–Crippen MR) is 66.9 cm³/mol. The van der Waals surface area contributed by atoms with Gasteiger partial charge in [-0.3, -0.25) is 0 Å². The third kappa shape index (κ3) is 2.57. The molecule has 1 aromatic rings. The fourth-order valence-corrected chi connectivity index (χ4v) is 2.55. The van der Waals surface area contributed by atoms with Gasteiger partial charge in [-0.2, -0.15) is 0 Å². The van der Waals surface area contributed by atoms with E-state index < -0.39 is 0 Å². The molecule has 0 spiro atoms. The number of rotatable bonds is 2. The lowest BCUT2D eigenvalue weighted by atomic mass is 9.86. The second kappa shape index (κ2) is 5.17. The van der Waals surface area contributed by atoms with E-state index in [0.717, 1.165) is 24.4 Å². The number of aliphatic hydroxyl groups excluding tert-OH is 1. The molecule has 1 saturated heterocycles. The molecule has 1 N–H and O–H groups in total. The van der Waals surface area contributed by atoms with Crippen LogP contribution in [-0.2, 0) is 0 Å². The second-order valence-corrected chi connectivity index (χ2v) is 5.03. The van der Waals surface area contributed by atoms with Crippen molar-refractivity contribution in [2.45, 2.75) is 24.8 Å². The van der Waals surface area contributed by atoms with E-state index in [2.05, 4.69) is 24.1 Å². The molecule has 0 saturated carbocycles. The zero-order valence-electron chi connectivity index (χ0n) is 9.56. The number of likely N-dealkylation sites (N-methyl/N-ethyl adjacent to an activating group) is 1. The van der Waals surface area contributed by atoms with Crippen molar-refractivity contribution in [1.82, 2.24) is 4.90 Å². The maximum absolute atomic E-state index is 9.31. The summed E-state index contributed by atoms with van der Waals surface area (Å²) in [5.41, 5.74) is 1.34. The van der Waals surface area contributed by atoms with Crippen LogP contribution < -0.4 is 0 Å². The molecule has 2 atom stereocenters. The molecule has 0 bridgehead atoms. The molecule has 16 heavy (non-hydrogen) atoms. The van der Waals surface area contributed by atoms with Gasteiger partial charge in [0.05, 0.1) is 6.61 Å². The van der Waals surface area contributed by atoms with Crippen LogP contribution in [0.4, 0.5) is 0 Å². The summed E-state index contributed by atoms with van der Waals surface area (Å²) < 4.78 is 0. The lowest BCUT2D eigenvalue weighted by molar-refractivity contribution is 0.104. The van der Waals surface area contributed by atoms with Gasteiger partial charge in [-0.05, 0) is 50.0 Å². The molecule has 0 amide bonds. The molecule has 1 aliphatic heterocycles. The quantitative estimate of drug-likeness (QED) is 0.857. The predicted octanol–water partition coefficient (Wildman–Crippen LogP) is 2.51. The van der Waals surface area contributed by atoms with Crippen molar-refractivity contribution >= 4 is 11.6 Å². The monoisotopic (exact) mass is 239 g/mol. The zero-order valence-corrected chi connectivity index (χ0v) is 10.3. The number of aliphatic hydroxyl groups is 1. The Morgan fingerprint density at radius 3 is 2.69 bits per heavy atom. The van der Waals surface area contributed by atoms with Crippen molar-refractivity contribution < 1.29 is 5.11 Å². The molecule has 0 aliphatic carbocycles. The first-order valence-corrected chi connectivity index (χ1v) is 6.15. The van der Waals surface area contributed by atoms with Gasteiger partial charge in [0.2, 0.25) is 0 Å². The minimum atomic E-state index is 0.251. The largest absolute Gasteiger partial charge is 0.395 e. The Labute approximate surface area is 102 Å². The van der Waals surface area contributed by atoms with Crippen LogP contribution in [0.3, 0.4) is 0 Å². The Morgan fingerprint density at radius 2 is 2.06 bits per heavy atom. The summed E-state index contributed by atoms with van der Waals surface area (Å²) in [6, 6.07) is 8.40. The SMILES string of the molecule is CN1CC[C@H](c2ccc(Cl)cc2)CC1CO. The van der Waals surface area contributed by atoms with Crippen LogP contribution in [0.2, 0.25) is 5.02 Å². The van der Waals surface area contributed by atoms with Crippen LogP contribution in [0, 0.1) is 0 Å². The summed E-state index contributed by atoms with van der Waals surface area (Å²) in [4.78, 5) is 2.24. The molecule has 0 aromatic heterocycles. The van der Waals surface area contributed by atoms with Gasteiger partial charge in [0.1, 0.15) is 0 Å². The van der Waals surface area contributed by atoms with Crippen molar-refractivity contribution in [3.8, 4) is 0 Å². The van der Waals surface area contributed by atoms with Gasteiger partial charge in [0.25, 0.3) is 0 Å². The fraction of sp³-hybridized carbons (Fsp3) is 0.538. The molecule has 3 heteroatoms. The van der Waals surface area contributed by atoms with E-state index in [9.17, 15) is 5.11 Å². The summed E-state index contributed by atoms with van der Waals surface area (Å²) in [5, 5.41) is 10.1. The second-order valence-electron chi connectivity index (χ2n) is 4.59. The first kappa shape index (κ1) is 11.9. The lowest BCUT2D eigenvalue weighted by Gasteiger charge is -2.36. The van der Waals surface area contributed by atoms with Crippen LogP contribution >= 0.6 is 11.6 Å². The van der Waals surface area contributed by atoms with E-state index in [1.165, 1.54) is 5.56 Å². The van der Waals surface area contributed by atoms with Crippen molar-refractivity contribution in [3.05, 3.63) is 34.9 Å². The summed E-state index contributed by atoms with van der Waals surface area (Å²) >= 11 is 5.88. The maximum atomic E-state index is 9.31. The van der Waals surface area contributed by atoms with Crippen LogP contribution in [0.15, 0.2) is 24.3 Å². The molecule has 1 unspecified atom stereocenters. The molecule has 1 heterocycles. The van der Waals surface area contributed by atoms with Gasteiger partial charge in [-0.25, -0.2) is 0 Å². The zero-order chi connectivity index (χ0) is 11.5. The Balaban J connectivity index is 2.08. The highest BCUT2D eigenvalue weighted by atomic mass is 35.5. The van der Waals surface area contributed by atoms with Gasteiger partial charge in [-0.1, -0.05) is 23.7 Å². The van der Waals surface area contributed by atoms with E-state index in [1.807, 2.05) is 12.1 Å². The van der Waals surface area contributed by atoms with Crippen molar-refractivity contribution in [1.29, 1.82) is 0 Å². The summed E-state index contributed by atoms with van der Waals surface area (Å²) in [7, 11) is 2.08. The molecule has 1 aromatic carbocycles. The highest BCUT2D eigenvalue weighted by molar-refractivity contribution is 6.30. The van der Waals surface area contributed by atoms with Crippen LogP contribution in [-0.4, -0.2) is 36.2 Å². The maximum Gasteiger partial charge on any atom is 0.0586 e. The van der Waals surface area contributed by atoms with Crippen molar-refractivity contribution in [2.24, 2.45) is 0 Å². The minimum absolute atomic E-state index is 0.251. The smallest absolute Gasteiger partial charge is 0.0586 e. The summed E-state index contributed by atoms with van der Waals surface area (Å²) in [6.45, 7) is 1.30. The third-order valence-electron chi connectivity index (χ3n) is 3.56. The molecule has 2 nitrogen and oxygen atoms in total. The Bertz CT molecular complexity index is 338. The van der Waals surface area contributed by atoms with Crippen LogP contribution in [0.5, 0.6) is 0 Å². The Kier molecular flexibility index (Phi) is 3.85. The molecule has 1 aliphatic rings. The fourth-order valence-electron chi connectivity index (χ4n) is 2.42. The highest BCUT2D eigenvalue weighted by Crippen LogP contribution is 2.31. The van der Waals surface area contributed by atoms with Crippen LogP contribution in [0.1, 0.15) is 24.3 Å². The molecule has 2 rings (SSSR count). The molecular formula is C13H18ClNO.